The van der Waals surface area contributed by atoms with Crippen LogP contribution in [-0.4, -0.2) is 128 Å². The Morgan fingerprint density at radius 1 is 0.567 bits per heavy atom. The fraction of sp³-hybridized carbons (Fsp3) is 0.803. The summed E-state index contributed by atoms with van der Waals surface area (Å²) in [6.45, 7) is 14.2. The minimum absolute atomic E-state index is 0.0221. The first-order valence-corrected chi connectivity index (χ1v) is 33.5. The highest BCUT2D eigenvalue weighted by molar-refractivity contribution is 6.30. The molecule has 13 fully saturated rings. The Labute approximate surface area is 530 Å². The fourth-order valence-corrected chi connectivity index (χ4v) is 17.4. The molecule has 0 aromatic heterocycles. The third-order valence-electron chi connectivity index (χ3n) is 22.2. The summed E-state index contributed by atoms with van der Waals surface area (Å²) >= 11 is 6.37. The van der Waals surface area contributed by atoms with E-state index in [1.165, 1.54) is 6.21 Å². The van der Waals surface area contributed by atoms with Crippen molar-refractivity contribution in [1.82, 2.24) is 0 Å². The molecule has 3 saturated carbocycles. The van der Waals surface area contributed by atoms with Gasteiger partial charge in [-0.1, -0.05) is 64.8 Å². The smallest absolute Gasteiger partial charge is 0.308 e. The number of aliphatic imine (C=N–C) groups is 1. The van der Waals surface area contributed by atoms with Crippen molar-refractivity contribution >= 4 is 53.6 Å². The van der Waals surface area contributed by atoms with Crippen LogP contribution in [0.5, 0.6) is 0 Å². The lowest BCUT2D eigenvalue weighted by atomic mass is 9.58. The average molecular weight is 1280 g/mol. The quantitative estimate of drug-likeness (QED) is 0.0539. The SMILES string of the molecule is C[C@H]1[C@H](OC(=O)CCC(=O)OC(COC(=O)CCC(=O)O[C@@H]2O[C@@H]3O[C@@]4(C)CC[C@H]5[C@H](C)CC[C@@H]([C@H]2C)[C@@]35OO4)(COC(=O)CCC(=O)O[C@@H]2O[C@@H]3O[C@@]4(C)CC[C@H]5[C@H](C)CC[C@@H]([C@H]2C)[C@@]35OO4)/N=C/c2cccc(Cl)c2)O[C@@H]2O[C@@H](C)CCC3CCC[C@@H]1C32. The highest BCUT2D eigenvalue weighted by Crippen LogP contribution is 2.63. The molecule has 24 heteroatoms. The summed E-state index contributed by atoms with van der Waals surface area (Å²) in [5.41, 5.74) is -3.66. The monoisotopic (exact) mass is 1280 g/mol. The van der Waals surface area contributed by atoms with Crippen LogP contribution in [0.4, 0.5) is 0 Å². The van der Waals surface area contributed by atoms with Gasteiger partial charge in [0.25, 0.3) is 5.72 Å². The van der Waals surface area contributed by atoms with Crippen LogP contribution in [0, 0.1) is 71.0 Å². The van der Waals surface area contributed by atoms with Crippen molar-refractivity contribution in [3.8, 4) is 0 Å². The van der Waals surface area contributed by atoms with Crippen molar-refractivity contribution in [2.24, 2.45) is 76.0 Å². The summed E-state index contributed by atoms with van der Waals surface area (Å²) in [6, 6.07) is 6.53. The molecule has 2 unspecified atom stereocenters. The lowest BCUT2D eigenvalue weighted by Crippen LogP contribution is -2.70. The largest absolute Gasteiger partial charge is 0.459 e. The van der Waals surface area contributed by atoms with E-state index in [0.29, 0.717) is 41.2 Å². The molecule has 13 aliphatic rings. The van der Waals surface area contributed by atoms with Gasteiger partial charge in [0.1, 0.15) is 0 Å². The Hall–Kier alpha value is -4.40. The number of ether oxygens (including phenoxy) is 12. The molecule has 2 spiro atoms. The van der Waals surface area contributed by atoms with Crippen LogP contribution in [0.25, 0.3) is 0 Å². The molecule has 90 heavy (non-hydrogen) atoms. The summed E-state index contributed by atoms with van der Waals surface area (Å²) in [4.78, 5) is 112. The van der Waals surface area contributed by atoms with Crippen molar-refractivity contribution in [3.63, 3.8) is 0 Å². The first kappa shape index (κ1) is 65.7. The zero-order valence-corrected chi connectivity index (χ0v) is 53.8. The number of esters is 6. The topological polar surface area (TPSA) is 262 Å². The average Bonchev–Trinajstić information content (AvgIpc) is 1.28. The number of benzene rings is 1. The molecule has 498 valence electrons. The summed E-state index contributed by atoms with van der Waals surface area (Å²) in [5.74, 6) is -6.51. The second-order valence-corrected chi connectivity index (χ2v) is 28.7. The van der Waals surface area contributed by atoms with Crippen molar-refractivity contribution in [3.05, 3.63) is 34.9 Å². The molecule has 23 atom stereocenters. The minimum Gasteiger partial charge on any atom is -0.459 e. The molecule has 10 aliphatic heterocycles. The van der Waals surface area contributed by atoms with Gasteiger partial charge in [-0.15, -0.1) is 0 Å². The second kappa shape index (κ2) is 26.4. The van der Waals surface area contributed by atoms with Gasteiger partial charge < -0.3 is 56.8 Å². The van der Waals surface area contributed by atoms with E-state index >= 15 is 0 Å². The van der Waals surface area contributed by atoms with Gasteiger partial charge in [0.2, 0.25) is 30.4 Å². The van der Waals surface area contributed by atoms with Gasteiger partial charge in [-0.3, -0.25) is 28.8 Å². The number of hydrogen-bond donors (Lipinski definition) is 0. The van der Waals surface area contributed by atoms with Crippen LogP contribution in [0.1, 0.15) is 183 Å². The van der Waals surface area contributed by atoms with E-state index in [1.54, 1.807) is 38.1 Å². The number of carbonyl (C=O) groups is 6. The predicted octanol–water partition coefficient (Wildman–Crippen LogP) is 10.0. The van der Waals surface area contributed by atoms with Gasteiger partial charge in [0.05, 0.1) is 44.6 Å². The van der Waals surface area contributed by atoms with Crippen LogP contribution in [0.2, 0.25) is 5.02 Å². The summed E-state index contributed by atoms with van der Waals surface area (Å²) < 4.78 is 73.9. The zero-order valence-electron chi connectivity index (χ0n) is 53.0. The van der Waals surface area contributed by atoms with Gasteiger partial charge in [-0.25, -0.2) is 24.5 Å². The van der Waals surface area contributed by atoms with E-state index in [1.807, 2.05) is 27.7 Å². The number of halogens is 1. The highest BCUT2D eigenvalue weighted by atomic mass is 35.5. The first-order valence-electron chi connectivity index (χ1n) is 33.1. The third kappa shape index (κ3) is 13.1. The van der Waals surface area contributed by atoms with Crippen LogP contribution >= 0.6 is 11.6 Å². The van der Waals surface area contributed by atoms with E-state index < -0.39 is 154 Å². The summed E-state index contributed by atoms with van der Waals surface area (Å²) in [5, 5.41) is 0.346. The zero-order chi connectivity index (χ0) is 63.5. The molecular weight excluding hydrogens is 1190 g/mol. The van der Waals surface area contributed by atoms with E-state index in [0.717, 1.165) is 70.6 Å². The molecule has 10 saturated heterocycles. The van der Waals surface area contributed by atoms with Gasteiger partial charge in [0.15, 0.2) is 43.3 Å². The van der Waals surface area contributed by atoms with Crippen molar-refractivity contribution < 1.29 is 105 Å². The van der Waals surface area contributed by atoms with Crippen molar-refractivity contribution in [2.45, 2.75) is 250 Å². The molecule has 10 heterocycles. The highest BCUT2D eigenvalue weighted by Gasteiger charge is 2.72. The molecule has 1 aromatic rings. The van der Waals surface area contributed by atoms with Gasteiger partial charge in [-0.05, 0) is 138 Å². The molecule has 0 radical (unpaired) electrons. The van der Waals surface area contributed by atoms with Gasteiger partial charge in [0, 0.05) is 59.6 Å². The summed E-state index contributed by atoms with van der Waals surface area (Å²) in [6.07, 6.45) is 4.54. The molecular formula is C66H90ClNO22. The molecule has 0 N–H and O–H groups in total. The van der Waals surface area contributed by atoms with Crippen LogP contribution < -0.4 is 0 Å². The van der Waals surface area contributed by atoms with Crippen molar-refractivity contribution in [2.75, 3.05) is 13.2 Å². The number of nitrogens with zero attached hydrogens (tertiary/aromatic N) is 1. The lowest BCUT2D eigenvalue weighted by Gasteiger charge is -2.59. The molecule has 1 aromatic carbocycles. The Kier molecular flexibility index (Phi) is 19.3. The normalized spacial score (nSPS) is 42.3. The Morgan fingerprint density at radius 3 is 1.61 bits per heavy atom. The van der Waals surface area contributed by atoms with Crippen molar-refractivity contribution in [1.29, 1.82) is 0 Å². The predicted molar refractivity (Wildman–Crippen MR) is 311 cm³/mol. The van der Waals surface area contributed by atoms with E-state index in [9.17, 15) is 28.8 Å². The number of hydrogen-bond acceptors (Lipinski definition) is 23. The number of carbonyl (C=O) groups excluding carboxylic acids is 6. The third-order valence-corrected chi connectivity index (χ3v) is 22.4. The maximum Gasteiger partial charge on any atom is 0.308 e. The number of fused-ring (bicyclic) bond motifs is 4. The Balaban J connectivity index is 0.714. The standard InChI is InChI=1S/C66H90ClNO22/c1-35-15-19-47-39(5)57(82-60-65(47)45(35)27-29-62(7,85-60)87-89-65)79-51(71)23-21-49(69)75-33-64(68-32-41-11-9-13-43(67)31-41,84-54(74)26-25-53(73)78-56-38(4)44-14-10-12-42-18-17-37(3)77-59(81-56)55(42)44)34-76-50(70)22-24-52(72)80-58-40(6)48-20-16-36(2)46-28-30-63(8)86-61(83-58)66(46,48)90-88-63/h9,11,13,31-32,35-40,42,44-48,55-61H,10,12,14-30,33-34H2,1-8H3/b68-32+/t35-,36-,37+,38-,39-,40-,42?,44+,45+,46+,47+,48+,55?,56-,57-,58-,59+,60-,61-,62-,63-,65-,66-/m1/s1. The van der Waals surface area contributed by atoms with E-state index in [4.69, 9.17) is 88.0 Å². The van der Waals surface area contributed by atoms with Gasteiger partial charge in [-0.2, -0.15) is 0 Å². The molecule has 23 nitrogen and oxygen atoms in total. The Morgan fingerprint density at radius 2 is 1.08 bits per heavy atom. The van der Waals surface area contributed by atoms with Gasteiger partial charge >= 0.3 is 35.8 Å². The summed E-state index contributed by atoms with van der Waals surface area (Å²) in [7, 11) is 0. The maximum atomic E-state index is 14.2. The minimum atomic E-state index is -2.31. The Bertz CT molecular complexity index is 2750. The maximum absolute atomic E-state index is 14.2. The van der Waals surface area contributed by atoms with Crippen LogP contribution in [-0.2, 0) is 105 Å². The lowest BCUT2D eigenvalue weighted by molar-refractivity contribution is -0.576. The molecule has 4 bridgehead atoms. The van der Waals surface area contributed by atoms with Crippen LogP contribution in [0.3, 0.4) is 0 Å². The van der Waals surface area contributed by atoms with E-state index in [2.05, 4.69) is 18.8 Å². The molecule has 14 rings (SSSR count). The first-order chi connectivity index (χ1) is 43.0. The fourth-order valence-electron chi connectivity index (χ4n) is 17.2. The number of rotatable bonds is 19. The second-order valence-electron chi connectivity index (χ2n) is 28.3. The van der Waals surface area contributed by atoms with Crippen LogP contribution in [0.15, 0.2) is 29.3 Å². The molecule has 3 aliphatic carbocycles. The molecule has 0 amide bonds. The van der Waals surface area contributed by atoms with E-state index in [-0.39, 0.29) is 59.4 Å².